The number of imidazole rings is 1. The maximum absolute atomic E-state index is 11.3. The number of H-pyrrole nitrogens is 1. The Labute approximate surface area is 135 Å². The number of anilines is 1. The van der Waals surface area contributed by atoms with Gasteiger partial charge in [0.2, 0.25) is 0 Å². The van der Waals surface area contributed by atoms with E-state index in [0.717, 1.165) is 30.8 Å². The van der Waals surface area contributed by atoms with E-state index >= 15 is 0 Å². The van der Waals surface area contributed by atoms with Crippen LogP contribution in [0.15, 0.2) is 12.1 Å². The van der Waals surface area contributed by atoms with Crippen molar-refractivity contribution in [3.63, 3.8) is 0 Å². The molecule has 1 aliphatic rings. The van der Waals surface area contributed by atoms with Crippen LogP contribution in [0.4, 0.5) is 5.82 Å². The summed E-state index contributed by atoms with van der Waals surface area (Å²) in [5, 5.41) is 9.27. The van der Waals surface area contributed by atoms with E-state index in [0.29, 0.717) is 23.9 Å². The molecule has 2 aromatic heterocycles. The van der Waals surface area contributed by atoms with Crippen LogP contribution in [-0.4, -0.2) is 64.2 Å². The fraction of sp³-hybridized carbons (Fsp3) is 0.562. The fourth-order valence-corrected chi connectivity index (χ4v) is 3.10. The van der Waals surface area contributed by atoms with Crippen molar-refractivity contribution in [2.75, 3.05) is 32.1 Å². The summed E-state index contributed by atoms with van der Waals surface area (Å²) < 4.78 is 0. The largest absolute Gasteiger partial charge is 0.481 e. The van der Waals surface area contributed by atoms with Gasteiger partial charge in [-0.3, -0.25) is 4.79 Å². The monoisotopic (exact) mass is 317 g/mol. The molecule has 7 nitrogen and oxygen atoms in total. The first-order valence-electron chi connectivity index (χ1n) is 8.00. The minimum Gasteiger partial charge on any atom is -0.481 e. The van der Waals surface area contributed by atoms with E-state index in [1.165, 1.54) is 0 Å². The molecular formula is C16H23N5O2. The molecule has 0 bridgehead atoms. The van der Waals surface area contributed by atoms with Crippen LogP contribution < -0.4 is 4.90 Å². The minimum absolute atomic E-state index is 0.479. The number of hydrogen-bond donors (Lipinski definition) is 2. The molecule has 0 saturated carbocycles. The highest BCUT2D eigenvalue weighted by Gasteiger charge is 2.26. The third-order valence-electron chi connectivity index (χ3n) is 4.60. The number of carboxylic acid groups (broad SMARTS) is 1. The summed E-state index contributed by atoms with van der Waals surface area (Å²) >= 11 is 0. The molecule has 0 aromatic carbocycles. The molecule has 1 saturated heterocycles. The van der Waals surface area contributed by atoms with Crippen LogP contribution in [0.25, 0.3) is 11.2 Å². The molecule has 23 heavy (non-hydrogen) atoms. The smallest absolute Gasteiger partial charge is 0.314 e. The maximum atomic E-state index is 11.3. The molecule has 0 spiro atoms. The van der Waals surface area contributed by atoms with Gasteiger partial charge >= 0.3 is 5.97 Å². The van der Waals surface area contributed by atoms with Gasteiger partial charge in [-0.05, 0) is 39.1 Å². The van der Waals surface area contributed by atoms with Crippen molar-refractivity contribution in [3.8, 4) is 0 Å². The zero-order valence-corrected chi connectivity index (χ0v) is 13.8. The summed E-state index contributed by atoms with van der Waals surface area (Å²) in [7, 11) is 4.20. The Hall–Kier alpha value is -2.15. The first-order chi connectivity index (χ1) is 11.0. The lowest BCUT2D eigenvalue weighted by atomic mass is 10.1. The average Bonchev–Trinajstić information content (AvgIpc) is 3.13. The summed E-state index contributed by atoms with van der Waals surface area (Å²) in [4.78, 5) is 27.9. The van der Waals surface area contributed by atoms with Crippen LogP contribution in [0.3, 0.4) is 0 Å². The molecule has 0 aliphatic carbocycles. The second kappa shape index (κ2) is 6.16. The van der Waals surface area contributed by atoms with E-state index in [4.69, 9.17) is 0 Å². The number of carboxylic acids is 1. The van der Waals surface area contributed by atoms with Crippen LogP contribution in [0.1, 0.15) is 31.5 Å². The predicted molar refractivity (Wildman–Crippen MR) is 88.9 cm³/mol. The zero-order chi connectivity index (χ0) is 16.6. The summed E-state index contributed by atoms with van der Waals surface area (Å²) in [5.41, 5.74) is 1.37. The molecule has 1 aliphatic heterocycles. The van der Waals surface area contributed by atoms with Gasteiger partial charge in [-0.25, -0.2) is 9.97 Å². The van der Waals surface area contributed by atoms with E-state index in [1.54, 1.807) is 0 Å². The van der Waals surface area contributed by atoms with E-state index < -0.39 is 11.9 Å². The van der Waals surface area contributed by atoms with Gasteiger partial charge in [0.25, 0.3) is 0 Å². The van der Waals surface area contributed by atoms with E-state index in [9.17, 15) is 9.90 Å². The number of nitrogens with one attached hydrogen (secondary N) is 1. The van der Waals surface area contributed by atoms with Crippen LogP contribution in [-0.2, 0) is 4.79 Å². The Kier molecular flexibility index (Phi) is 4.21. The van der Waals surface area contributed by atoms with Gasteiger partial charge in [0.05, 0.1) is 5.52 Å². The average molecular weight is 317 g/mol. The van der Waals surface area contributed by atoms with Gasteiger partial charge in [-0.1, -0.05) is 6.92 Å². The van der Waals surface area contributed by atoms with Crippen molar-refractivity contribution in [2.24, 2.45) is 0 Å². The lowest BCUT2D eigenvalue weighted by molar-refractivity contribution is -0.139. The molecule has 0 amide bonds. The molecule has 3 rings (SSSR count). The number of aliphatic carboxylic acids is 1. The zero-order valence-electron chi connectivity index (χ0n) is 13.8. The van der Waals surface area contributed by atoms with Crippen LogP contribution in [0.2, 0.25) is 0 Å². The standard InChI is InChI=1S/C16H23N5O2/c1-4-11(16(22)23)14-17-12-5-6-13(18-15(12)19-14)21-8-7-10(9-21)20(2)3/h5-6,10-11H,4,7-9H2,1-3H3,(H,22,23)(H,17,18,19). The van der Waals surface area contributed by atoms with Crippen molar-refractivity contribution < 1.29 is 9.90 Å². The fourth-order valence-electron chi connectivity index (χ4n) is 3.10. The normalized spacial score (nSPS) is 19.7. The van der Waals surface area contributed by atoms with Crippen molar-refractivity contribution >= 4 is 23.0 Å². The summed E-state index contributed by atoms with van der Waals surface area (Å²) in [6.07, 6.45) is 1.62. The predicted octanol–water partition coefficient (Wildman–Crippen LogP) is 1.68. The highest BCUT2D eigenvalue weighted by Crippen LogP contribution is 2.24. The number of aromatic nitrogens is 3. The van der Waals surface area contributed by atoms with Gasteiger partial charge in [0.1, 0.15) is 17.6 Å². The number of fused-ring (bicyclic) bond motifs is 1. The Morgan fingerprint density at radius 3 is 2.87 bits per heavy atom. The Balaban J connectivity index is 1.86. The molecule has 1 fully saturated rings. The topological polar surface area (TPSA) is 85.3 Å². The number of carbonyl (C=O) groups is 1. The van der Waals surface area contributed by atoms with Crippen molar-refractivity contribution in [1.29, 1.82) is 0 Å². The Morgan fingerprint density at radius 1 is 1.48 bits per heavy atom. The highest BCUT2D eigenvalue weighted by atomic mass is 16.4. The Bertz CT molecular complexity index is 712. The number of rotatable bonds is 5. The molecule has 124 valence electrons. The quantitative estimate of drug-likeness (QED) is 0.872. The van der Waals surface area contributed by atoms with E-state index in [-0.39, 0.29) is 0 Å². The van der Waals surface area contributed by atoms with Gasteiger partial charge in [-0.15, -0.1) is 0 Å². The molecule has 2 aromatic rings. The SMILES string of the molecule is CCC(C(=O)O)c1nc2nc(N3CCC(N(C)C)C3)ccc2[nH]1. The number of aromatic amines is 1. The van der Waals surface area contributed by atoms with E-state index in [2.05, 4.69) is 38.8 Å². The van der Waals surface area contributed by atoms with E-state index in [1.807, 2.05) is 19.1 Å². The second-order valence-corrected chi connectivity index (χ2v) is 6.31. The van der Waals surface area contributed by atoms with Gasteiger partial charge in [-0.2, -0.15) is 0 Å². The summed E-state index contributed by atoms with van der Waals surface area (Å²) in [6, 6.07) is 4.45. The third kappa shape index (κ3) is 3.01. The first-order valence-corrected chi connectivity index (χ1v) is 8.00. The van der Waals surface area contributed by atoms with Crippen LogP contribution in [0.5, 0.6) is 0 Å². The lowest BCUT2D eigenvalue weighted by Gasteiger charge is -2.20. The number of pyridine rings is 1. The van der Waals surface area contributed by atoms with Crippen LogP contribution in [0, 0.1) is 0 Å². The minimum atomic E-state index is -0.861. The van der Waals surface area contributed by atoms with Crippen molar-refractivity contribution in [2.45, 2.75) is 31.7 Å². The molecule has 3 heterocycles. The molecule has 2 unspecified atom stereocenters. The molecule has 2 atom stereocenters. The molecular weight excluding hydrogens is 294 g/mol. The molecule has 0 radical (unpaired) electrons. The second-order valence-electron chi connectivity index (χ2n) is 6.31. The van der Waals surface area contributed by atoms with Gasteiger partial charge < -0.3 is 19.9 Å². The van der Waals surface area contributed by atoms with Crippen molar-refractivity contribution in [1.82, 2.24) is 19.9 Å². The number of nitrogens with zero attached hydrogens (tertiary/aromatic N) is 4. The highest BCUT2D eigenvalue weighted by molar-refractivity contribution is 5.78. The Morgan fingerprint density at radius 2 is 2.26 bits per heavy atom. The maximum Gasteiger partial charge on any atom is 0.314 e. The lowest BCUT2D eigenvalue weighted by Crippen LogP contribution is -2.31. The number of likely N-dealkylation sites (N-methyl/N-ethyl adjacent to an activating group) is 1. The first kappa shape index (κ1) is 15.7. The summed E-state index contributed by atoms with van der Waals surface area (Å²) in [6.45, 7) is 3.78. The molecule has 2 N–H and O–H groups in total. The van der Waals surface area contributed by atoms with Gasteiger partial charge in [0.15, 0.2) is 5.65 Å². The van der Waals surface area contributed by atoms with Crippen LogP contribution >= 0.6 is 0 Å². The number of hydrogen-bond acceptors (Lipinski definition) is 5. The summed E-state index contributed by atoms with van der Waals surface area (Å²) in [5.74, 6) is -0.0896. The third-order valence-corrected chi connectivity index (χ3v) is 4.60. The van der Waals surface area contributed by atoms with Crippen molar-refractivity contribution in [3.05, 3.63) is 18.0 Å². The van der Waals surface area contributed by atoms with Gasteiger partial charge in [0, 0.05) is 19.1 Å². The molecule has 7 heteroatoms.